The van der Waals surface area contributed by atoms with E-state index in [0.29, 0.717) is 5.41 Å². The number of nitrogens with zero attached hydrogens (tertiary/aromatic N) is 1. The summed E-state index contributed by atoms with van der Waals surface area (Å²) in [5.74, 6) is 3.38. The molecule has 0 spiro atoms. The lowest BCUT2D eigenvalue weighted by atomic mass is 9.49. The van der Waals surface area contributed by atoms with E-state index in [2.05, 4.69) is 11.8 Å². The van der Waals surface area contributed by atoms with E-state index in [1.54, 1.807) is 6.92 Å². The first kappa shape index (κ1) is 15.4. The third-order valence-corrected chi connectivity index (χ3v) is 6.55. The Hall–Kier alpha value is -0.530. The van der Waals surface area contributed by atoms with Crippen LogP contribution in [0, 0.1) is 23.2 Å². The maximum absolute atomic E-state index is 11.9. The molecular weight excluding hydrogens is 258 g/mol. The number of hydrogen-bond donors (Lipinski definition) is 0. The van der Waals surface area contributed by atoms with Gasteiger partial charge in [0.25, 0.3) is 0 Å². The van der Waals surface area contributed by atoms with Crippen molar-refractivity contribution < 1.29 is 4.79 Å². The first-order valence-electron chi connectivity index (χ1n) is 9.36. The highest BCUT2D eigenvalue weighted by Gasteiger charge is 2.50. The number of hydrogen-bond acceptors (Lipinski definition) is 1. The minimum absolute atomic E-state index is 0.288. The van der Waals surface area contributed by atoms with E-state index in [1.807, 2.05) is 0 Å². The molecule has 4 aliphatic carbocycles. The Labute approximate surface area is 130 Å². The molecule has 120 valence electrons. The van der Waals surface area contributed by atoms with Crippen LogP contribution in [0.1, 0.15) is 78.1 Å². The first-order valence-corrected chi connectivity index (χ1v) is 9.36. The number of carbonyl (C=O) groups is 1. The molecule has 1 amide bonds. The van der Waals surface area contributed by atoms with Crippen LogP contribution < -0.4 is 0 Å². The average molecular weight is 291 g/mol. The van der Waals surface area contributed by atoms with Gasteiger partial charge in [0.15, 0.2) is 0 Å². The predicted octanol–water partition coefficient (Wildman–Crippen LogP) is 4.63. The lowest BCUT2D eigenvalue weighted by Crippen LogP contribution is -2.47. The summed E-state index contributed by atoms with van der Waals surface area (Å²) in [7, 11) is 0. The Balaban J connectivity index is 1.54. The second kappa shape index (κ2) is 6.30. The van der Waals surface area contributed by atoms with E-state index >= 15 is 0 Å². The number of unbranched alkanes of at least 4 members (excludes halogenated alkanes) is 2. The highest BCUT2D eigenvalue weighted by molar-refractivity contribution is 5.73. The molecule has 0 saturated heterocycles. The summed E-state index contributed by atoms with van der Waals surface area (Å²) in [5, 5.41) is 0. The van der Waals surface area contributed by atoms with Gasteiger partial charge in [-0.2, -0.15) is 0 Å². The van der Waals surface area contributed by atoms with Crippen molar-refractivity contribution in [3.05, 3.63) is 0 Å². The molecule has 4 aliphatic rings. The van der Waals surface area contributed by atoms with Crippen LogP contribution in [0.5, 0.6) is 0 Å². The van der Waals surface area contributed by atoms with Crippen LogP contribution in [0.3, 0.4) is 0 Å². The molecule has 4 fully saturated rings. The fraction of sp³-hybridized carbons (Fsp3) is 0.947. The zero-order valence-corrected chi connectivity index (χ0v) is 14.1. The zero-order chi connectivity index (χ0) is 14.9. The Morgan fingerprint density at radius 3 is 2.05 bits per heavy atom. The van der Waals surface area contributed by atoms with Gasteiger partial charge in [-0.15, -0.1) is 0 Å². The van der Waals surface area contributed by atoms with Crippen molar-refractivity contribution in [2.24, 2.45) is 23.2 Å². The first-order chi connectivity index (χ1) is 10.1. The third kappa shape index (κ3) is 3.46. The van der Waals surface area contributed by atoms with Crippen molar-refractivity contribution in [2.75, 3.05) is 13.1 Å². The van der Waals surface area contributed by atoms with Crippen LogP contribution in [-0.2, 0) is 4.79 Å². The van der Waals surface area contributed by atoms with E-state index in [0.717, 1.165) is 30.8 Å². The van der Waals surface area contributed by atoms with Crippen molar-refractivity contribution >= 4 is 5.91 Å². The van der Waals surface area contributed by atoms with Crippen LogP contribution in [0.15, 0.2) is 0 Å². The Bertz CT molecular complexity index is 340. The monoisotopic (exact) mass is 291 g/mol. The smallest absolute Gasteiger partial charge is 0.219 e. The quantitative estimate of drug-likeness (QED) is 0.626. The van der Waals surface area contributed by atoms with Gasteiger partial charge in [0.2, 0.25) is 5.91 Å². The van der Waals surface area contributed by atoms with Crippen LogP contribution >= 0.6 is 0 Å². The van der Waals surface area contributed by atoms with Crippen molar-refractivity contribution in [1.82, 2.24) is 4.90 Å². The number of carbonyl (C=O) groups excluding carboxylic acids is 1. The molecule has 21 heavy (non-hydrogen) atoms. The summed E-state index contributed by atoms with van der Waals surface area (Å²) in [4.78, 5) is 14.0. The van der Waals surface area contributed by atoms with E-state index < -0.39 is 0 Å². The molecule has 4 saturated carbocycles. The normalized spacial score (nSPS) is 37.0. The number of rotatable bonds is 7. The van der Waals surface area contributed by atoms with Crippen molar-refractivity contribution in [1.29, 1.82) is 0 Å². The van der Waals surface area contributed by atoms with Gasteiger partial charge in [-0.05, 0) is 74.5 Å². The molecule has 0 N–H and O–H groups in total. The Kier molecular flexibility index (Phi) is 4.61. The van der Waals surface area contributed by atoms with Crippen molar-refractivity contribution in [3.8, 4) is 0 Å². The topological polar surface area (TPSA) is 20.3 Å². The molecule has 0 aromatic carbocycles. The highest BCUT2D eigenvalue weighted by atomic mass is 16.2. The highest BCUT2D eigenvalue weighted by Crippen LogP contribution is 2.61. The van der Waals surface area contributed by atoms with Crippen molar-refractivity contribution in [3.63, 3.8) is 0 Å². The molecule has 0 heterocycles. The summed E-state index contributed by atoms with van der Waals surface area (Å²) in [6.45, 7) is 5.99. The maximum atomic E-state index is 11.9. The number of amides is 1. The molecule has 4 bridgehead atoms. The molecule has 0 aromatic heterocycles. The molecule has 0 unspecified atom stereocenters. The van der Waals surface area contributed by atoms with Gasteiger partial charge in [0.05, 0.1) is 0 Å². The lowest BCUT2D eigenvalue weighted by Gasteiger charge is -2.57. The van der Waals surface area contributed by atoms with Gasteiger partial charge in [0, 0.05) is 20.0 Å². The molecule has 4 rings (SSSR count). The standard InChI is InChI=1S/C19H33NO/c1-3-4-5-7-20(15(2)21)8-6-19-12-16-9-17(13-19)11-18(10-16)14-19/h16-18H,3-14H2,1-2H3. The van der Waals surface area contributed by atoms with Crippen LogP contribution in [0.4, 0.5) is 0 Å². The molecule has 2 nitrogen and oxygen atoms in total. The average Bonchev–Trinajstić information content (AvgIpc) is 2.40. The summed E-state index contributed by atoms with van der Waals surface area (Å²) in [6.07, 6.45) is 13.9. The van der Waals surface area contributed by atoms with E-state index in [9.17, 15) is 4.79 Å². The molecule has 0 atom stereocenters. The van der Waals surface area contributed by atoms with Crippen LogP contribution in [-0.4, -0.2) is 23.9 Å². The SMILES string of the molecule is CCCCCN(CCC12CC3CC(CC(C3)C1)C2)C(C)=O. The van der Waals surface area contributed by atoms with Gasteiger partial charge >= 0.3 is 0 Å². The largest absolute Gasteiger partial charge is 0.343 e. The molecule has 0 radical (unpaired) electrons. The van der Waals surface area contributed by atoms with Crippen molar-refractivity contribution in [2.45, 2.75) is 78.1 Å². The fourth-order valence-corrected chi connectivity index (χ4v) is 5.95. The summed E-state index contributed by atoms with van der Waals surface area (Å²) in [6, 6.07) is 0. The van der Waals surface area contributed by atoms with Gasteiger partial charge < -0.3 is 4.90 Å². The summed E-state index contributed by atoms with van der Waals surface area (Å²) >= 11 is 0. The molecule has 0 aromatic rings. The molecular formula is C19H33NO. The van der Waals surface area contributed by atoms with Gasteiger partial charge in [0.1, 0.15) is 0 Å². The maximum Gasteiger partial charge on any atom is 0.219 e. The predicted molar refractivity (Wildman–Crippen MR) is 87.0 cm³/mol. The second-order valence-corrected chi connectivity index (χ2v) is 8.38. The summed E-state index contributed by atoms with van der Waals surface area (Å²) in [5.41, 5.74) is 0.618. The minimum atomic E-state index is 0.288. The lowest BCUT2D eigenvalue weighted by molar-refractivity contribution is -0.130. The zero-order valence-electron chi connectivity index (χ0n) is 14.1. The molecule has 2 heteroatoms. The van der Waals surface area contributed by atoms with E-state index in [4.69, 9.17) is 0 Å². The summed E-state index contributed by atoms with van der Waals surface area (Å²) < 4.78 is 0. The molecule has 0 aliphatic heterocycles. The Morgan fingerprint density at radius 2 is 1.57 bits per heavy atom. The van der Waals surface area contributed by atoms with Gasteiger partial charge in [-0.25, -0.2) is 0 Å². The van der Waals surface area contributed by atoms with E-state index in [1.165, 1.54) is 64.2 Å². The fourth-order valence-electron chi connectivity index (χ4n) is 5.95. The van der Waals surface area contributed by atoms with Crippen LogP contribution in [0.2, 0.25) is 0 Å². The third-order valence-electron chi connectivity index (χ3n) is 6.55. The van der Waals surface area contributed by atoms with Gasteiger partial charge in [-0.3, -0.25) is 4.79 Å². The van der Waals surface area contributed by atoms with E-state index in [-0.39, 0.29) is 5.91 Å². The van der Waals surface area contributed by atoms with Gasteiger partial charge in [-0.1, -0.05) is 19.8 Å². The second-order valence-electron chi connectivity index (χ2n) is 8.38. The van der Waals surface area contributed by atoms with Crippen LogP contribution in [0.25, 0.3) is 0 Å². The minimum Gasteiger partial charge on any atom is -0.343 e. The Morgan fingerprint density at radius 1 is 1.00 bits per heavy atom.